The molecule has 0 saturated heterocycles. The first-order chi connectivity index (χ1) is 8.11. The average molecular weight is 245 g/mol. The van der Waals surface area contributed by atoms with Crippen molar-refractivity contribution < 1.29 is 18.3 Å². The SMILES string of the molecule is Nc1ncccc1C(=O)NCCOCC(F)F. The molecular weight excluding hydrogens is 232 g/mol. The van der Waals surface area contributed by atoms with Crippen LogP contribution in [0.25, 0.3) is 0 Å². The van der Waals surface area contributed by atoms with E-state index in [4.69, 9.17) is 5.73 Å². The fraction of sp³-hybridized carbons (Fsp3) is 0.400. The molecule has 94 valence electrons. The van der Waals surface area contributed by atoms with Crippen molar-refractivity contribution in [2.24, 2.45) is 0 Å². The van der Waals surface area contributed by atoms with Gasteiger partial charge < -0.3 is 15.8 Å². The number of amides is 1. The average Bonchev–Trinajstić information content (AvgIpc) is 2.28. The van der Waals surface area contributed by atoms with Crippen molar-refractivity contribution in [3.8, 4) is 0 Å². The van der Waals surface area contributed by atoms with Crippen molar-refractivity contribution in [1.82, 2.24) is 10.3 Å². The number of nitrogens with two attached hydrogens (primary N) is 1. The van der Waals surface area contributed by atoms with Crippen molar-refractivity contribution in [3.05, 3.63) is 23.9 Å². The van der Waals surface area contributed by atoms with Crippen LogP contribution in [0.2, 0.25) is 0 Å². The van der Waals surface area contributed by atoms with E-state index in [-0.39, 0.29) is 24.5 Å². The van der Waals surface area contributed by atoms with Gasteiger partial charge in [-0.2, -0.15) is 0 Å². The minimum atomic E-state index is -2.50. The van der Waals surface area contributed by atoms with Gasteiger partial charge in [0.2, 0.25) is 0 Å². The monoisotopic (exact) mass is 245 g/mol. The number of anilines is 1. The maximum absolute atomic E-state index is 11.7. The molecule has 1 aromatic heterocycles. The second-order valence-electron chi connectivity index (χ2n) is 3.16. The van der Waals surface area contributed by atoms with Crippen LogP contribution in [0.15, 0.2) is 18.3 Å². The third-order valence-electron chi connectivity index (χ3n) is 1.86. The highest BCUT2D eigenvalue weighted by Crippen LogP contribution is 2.05. The van der Waals surface area contributed by atoms with Crippen LogP contribution < -0.4 is 11.1 Å². The van der Waals surface area contributed by atoms with Crippen molar-refractivity contribution in [3.63, 3.8) is 0 Å². The van der Waals surface area contributed by atoms with E-state index in [1.54, 1.807) is 6.07 Å². The molecule has 7 heteroatoms. The van der Waals surface area contributed by atoms with Crippen LogP contribution in [-0.2, 0) is 4.74 Å². The van der Waals surface area contributed by atoms with Gasteiger partial charge >= 0.3 is 0 Å². The normalized spacial score (nSPS) is 10.5. The van der Waals surface area contributed by atoms with E-state index in [0.717, 1.165) is 0 Å². The van der Waals surface area contributed by atoms with E-state index < -0.39 is 18.9 Å². The van der Waals surface area contributed by atoms with Crippen LogP contribution in [-0.4, -0.2) is 37.1 Å². The molecular formula is C10H13F2N3O2. The van der Waals surface area contributed by atoms with Crippen molar-refractivity contribution >= 4 is 11.7 Å². The van der Waals surface area contributed by atoms with Crippen LogP contribution in [0.3, 0.4) is 0 Å². The van der Waals surface area contributed by atoms with Gasteiger partial charge in [0, 0.05) is 12.7 Å². The maximum Gasteiger partial charge on any atom is 0.261 e. The third kappa shape index (κ3) is 4.73. The molecule has 0 atom stereocenters. The number of carbonyl (C=O) groups excluding carboxylic acids is 1. The molecule has 0 saturated carbocycles. The minimum absolute atomic E-state index is 0.0241. The summed E-state index contributed by atoms with van der Waals surface area (Å²) >= 11 is 0. The van der Waals surface area contributed by atoms with E-state index in [0.29, 0.717) is 0 Å². The molecule has 0 unspecified atom stereocenters. The van der Waals surface area contributed by atoms with Crippen LogP contribution in [0.1, 0.15) is 10.4 Å². The molecule has 3 N–H and O–H groups in total. The lowest BCUT2D eigenvalue weighted by Gasteiger charge is -2.07. The van der Waals surface area contributed by atoms with Gasteiger partial charge in [0.05, 0.1) is 12.2 Å². The fourth-order valence-electron chi connectivity index (χ4n) is 1.11. The van der Waals surface area contributed by atoms with E-state index in [1.165, 1.54) is 12.3 Å². The number of rotatable bonds is 6. The molecule has 0 aliphatic heterocycles. The summed E-state index contributed by atoms with van der Waals surface area (Å²) in [5, 5.41) is 2.48. The van der Waals surface area contributed by atoms with E-state index >= 15 is 0 Å². The quantitative estimate of drug-likeness (QED) is 0.722. The van der Waals surface area contributed by atoms with E-state index in [2.05, 4.69) is 15.0 Å². The van der Waals surface area contributed by atoms with Crippen molar-refractivity contribution in [2.75, 3.05) is 25.5 Å². The van der Waals surface area contributed by atoms with Gasteiger partial charge in [0.1, 0.15) is 12.4 Å². The highest BCUT2D eigenvalue weighted by atomic mass is 19.3. The summed E-state index contributed by atoms with van der Waals surface area (Å²) in [7, 11) is 0. The van der Waals surface area contributed by atoms with Gasteiger partial charge in [-0.3, -0.25) is 4.79 Å². The molecule has 17 heavy (non-hydrogen) atoms. The zero-order valence-electron chi connectivity index (χ0n) is 9.03. The number of hydrogen-bond donors (Lipinski definition) is 2. The topological polar surface area (TPSA) is 77.2 Å². The number of carbonyl (C=O) groups is 1. The first-order valence-electron chi connectivity index (χ1n) is 4.96. The van der Waals surface area contributed by atoms with Crippen LogP contribution in [0.4, 0.5) is 14.6 Å². The minimum Gasteiger partial charge on any atom is -0.383 e. The Labute approximate surface area is 97.0 Å². The zero-order chi connectivity index (χ0) is 12.7. The Morgan fingerprint density at radius 1 is 1.59 bits per heavy atom. The predicted octanol–water partition coefficient (Wildman–Crippen LogP) is 0.675. The summed E-state index contributed by atoms with van der Waals surface area (Å²) in [6, 6.07) is 3.11. The fourth-order valence-corrected chi connectivity index (χ4v) is 1.11. The molecule has 0 aromatic carbocycles. The van der Waals surface area contributed by atoms with Gasteiger partial charge in [0.25, 0.3) is 12.3 Å². The molecule has 1 rings (SSSR count). The molecule has 0 bridgehead atoms. The second kappa shape index (κ2) is 6.74. The Kier molecular flexibility index (Phi) is 5.28. The first-order valence-corrected chi connectivity index (χ1v) is 4.96. The largest absolute Gasteiger partial charge is 0.383 e. The summed E-state index contributed by atoms with van der Waals surface area (Å²) in [5.41, 5.74) is 5.74. The van der Waals surface area contributed by atoms with Gasteiger partial charge in [-0.1, -0.05) is 0 Å². The molecule has 0 aliphatic carbocycles. The number of hydrogen-bond acceptors (Lipinski definition) is 4. The first kappa shape index (κ1) is 13.3. The molecule has 1 aromatic rings. The summed E-state index contributed by atoms with van der Waals surface area (Å²) < 4.78 is 28.0. The van der Waals surface area contributed by atoms with Gasteiger partial charge in [-0.25, -0.2) is 13.8 Å². The maximum atomic E-state index is 11.7. The van der Waals surface area contributed by atoms with Gasteiger partial charge in [0.15, 0.2) is 0 Å². The molecule has 0 spiro atoms. The Hall–Kier alpha value is -1.76. The smallest absolute Gasteiger partial charge is 0.261 e. The Morgan fingerprint density at radius 2 is 2.35 bits per heavy atom. The lowest BCUT2D eigenvalue weighted by atomic mass is 10.2. The van der Waals surface area contributed by atoms with Crippen LogP contribution in [0, 0.1) is 0 Å². The zero-order valence-corrected chi connectivity index (χ0v) is 9.03. The third-order valence-corrected chi connectivity index (χ3v) is 1.86. The molecule has 5 nitrogen and oxygen atoms in total. The number of halogens is 2. The number of aromatic nitrogens is 1. The molecule has 0 fully saturated rings. The Balaban J connectivity index is 2.29. The van der Waals surface area contributed by atoms with Crippen LogP contribution >= 0.6 is 0 Å². The summed E-state index contributed by atoms with van der Waals surface area (Å²) in [5.74, 6) is -0.283. The number of alkyl halides is 2. The Morgan fingerprint density at radius 3 is 3.00 bits per heavy atom. The van der Waals surface area contributed by atoms with Crippen LogP contribution in [0.5, 0.6) is 0 Å². The molecule has 0 radical (unpaired) electrons. The Bertz CT molecular complexity index is 374. The van der Waals surface area contributed by atoms with Crippen molar-refractivity contribution in [1.29, 1.82) is 0 Å². The number of pyridine rings is 1. The summed E-state index contributed by atoms with van der Waals surface area (Å²) in [6.07, 6.45) is -1.03. The van der Waals surface area contributed by atoms with E-state index in [1.807, 2.05) is 0 Å². The number of ether oxygens (including phenoxy) is 1. The standard InChI is InChI=1S/C10H13F2N3O2/c11-8(12)6-17-5-4-15-10(16)7-2-1-3-14-9(7)13/h1-3,8H,4-6H2,(H2,13,14)(H,15,16). The number of nitrogens with zero attached hydrogens (tertiary/aromatic N) is 1. The number of nitrogens with one attached hydrogen (secondary N) is 1. The molecule has 1 heterocycles. The highest BCUT2D eigenvalue weighted by Gasteiger charge is 2.09. The lowest BCUT2D eigenvalue weighted by Crippen LogP contribution is -2.28. The van der Waals surface area contributed by atoms with Gasteiger partial charge in [-0.05, 0) is 12.1 Å². The van der Waals surface area contributed by atoms with E-state index in [9.17, 15) is 13.6 Å². The molecule has 0 aliphatic rings. The summed E-state index contributed by atoms with van der Waals surface area (Å²) in [6.45, 7) is -0.471. The van der Waals surface area contributed by atoms with Gasteiger partial charge in [-0.15, -0.1) is 0 Å². The second-order valence-corrected chi connectivity index (χ2v) is 3.16. The lowest BCUT2D eigenvalue weighted by molar-refractivity contribution is 0.0188. The predicted molar refractivity (Wildman–Crippen MR) is 57.8 cm³/mol. The molecule has 1 amide bonds. The number of nitrogen functional groups attached to an aromatic ring is 1. The highest BCUT2D eigenvalue weighted by molar-refractivity contribution is 5.98. The van der Waals surface area contributed by atoms with Crippen molar-refractivity contribution in [2.45, 2.75) is 6.43 Å². The summed E-state index contributed by atoms with van der Waals surface area (Å²) in [4.78, 5) is 15.3.